The highest BCUT2D eigenvalue weighted by molar-refractivity contribution is 6.07. The number of anilines is 2. The average molecular weight is 377 g/mol. The van der Waals surface area contributed by atoms with Crippen molar-refractivity contribution in [2.75, 3.05) is 29.9 Å². The number of hydrogen-bond acceptors (Lipinski definition) is 3. The van der Waals surface area contributed by atoms with E-state index in [1.807, 2.05) is 35.2 Å². The molecule has 0 atom stereocenters. The molecule has 0 radical (unpaired) electrons. The van der Waals surface area contributed by atoms with E-state index in [-0.39, 0.29) is 11.8 Å². The normalized spacial score (nSPS) is 16.6. The Morgan fingerprint density at radius 2 is 1.79 bits per heavy atom. The molecular weight excluding hydrogens is 350 g/mol. The summed E-state index contributed by atoms with van der Waals surface area (Å²) < 4.78 is 0. The maximum Gasteiger partial charge on any atom is 0.258 e. The summed E-state index contributed by atoms with van der Waals surface area (Å²) in [5, 5.41) is 6.30. The number of hydrogen-bond donors (Lipinski definition) is 2. The summed E-state index contributed by atoms with van der Waals surface area (Å²) >= 11 is 0. The SMILES string of the molecule is O=C(CCC1CCNCC1)Nc1ccc(C(=O)N2CCc3ccccc32)cc1. The molecule has 1 fully saturated rings. The van der Waals surface area contributed by atoms with Crippen molar-refractivity contribution >= 4 is 23.2 Å². The standard InChI is InChI=1S/C23H27N3O2/c27-22(10-5-17-11-14-24-15-12-17)25-20-8-6-19(7-9-20)23(28)26-16-13-18-3-1-2-4-21(18)26/h1-4,6-9,17,24H,5,10-16H2,(H,25,27). The van der Waals surface area contributed by atoms with E-state index in [4.69, 9.17) is 0 Å². The largest absolute Gasteiger partial charge is 0.326 e. The van der Waals surface area contributed by atoms with Gasteiger partial charge >= 0.3 is 0 Å². The van der Waals surface area contributed by atoms with Crippen molar-refractivity contribution in [3.63, 3.8) is 0 Å². The van der Waals surface area contributed by atoms with E-state index >= 15 is 0 Å². The molecule has 2 amide bonds. The Bertz CT molecular complexity index is 841. The molecule has 0 unspecified atom stereocenters. The number of carbonyl (C=O) groups is 2. The van der Waals surface area contributed by atoms with Gasteiger partial charge in [0.25, 0.3) is 5.91 Å². The second kappa shape index (κ2) is 8.57. The molecule has 1 saturated heterocycles. The summed E-state index contributed by atoms with van der Waals surface area (Å²) in [5.41, 5.74) is 3.61. The quantitative estimate of drug-likeness (QED) is 0.837. The third-order valence-corrected chi connectivity index (χ3v) is 5.79. The Morgan fingerprint density at radius 1 is 1.04 bits per heavy atom. The molecule has 0 spiro atoms. The molecule has 2 N–H and O–H groups in total. The highest BCUT2D eigenvalue weighted by Gasteiger charge is 2.25. The smallest absolute Gasteiger partial charge is 0.258 e. The second-order valence-corrected chi connectivity index (χ2v) is 7.69. The number of fused-ring (bicyclic) bond motifs is 1. The first-order valence-electron chi connectivity index (χ1n) is 10.2. The number of piperidine rings is 1. The lowest BCUT2D eigenvalue weighted by molar-refractivity contribution is -0.116. The Kier molecular flexibility index (Phi) is 5.72. The van der Waals surface area contributed by atoms with Crippen LogP contribution < -0.4 is 15.5 Å². The summed E-state index contributed by atoms with van der Waals surface area (Å²) in [6, 6.07) is 15.3. The molecular formula is C23H27N3O2. The maximum absolute atomic E-state index is 12.9. The molecule has 2 aromatic carbocycles. The zero-order valence-corrected chi connectivity index (χ0v) is 16.1. The first-order valence-corrected chi connectivity index (χ1v) is 10.2. The van der Waals surface area contributed by atoms with Gasteiger partial charge in [-0.3, -0.25) is 9.59 Å². The Hall–Kier alpha value is -2.66. The first kappa shape index (κ1) is 18.7. The van der Waals surface area contributed by atoms with Crippen LogP contribution in [0.1, 0.15) is 41.6 Å². The molecule has 4 rings (SSSR count). The summed E-state index contributed by atoms with van der Waals surface area (Å²) in [6.07, 6.45) is 4.70. The van der Waals surface area contributed by atoms with E-state index in [1.54, 1.807) is 12.1 Å². The summed E-state index contributed by atoms with van der Waals surface area (Å²) in [7, 11) is 0. The van der Waals surface area contributed by atoms with E-state index in [0.717, 1.165) is 50.1 Å². The number of para-hydroxylation sites is 1. The van der Waals surface area contributed by atoms with Gasteiger partial charge in [-0.1, -0.05) is 18.2 Å². The van der Waals surface area contributed by atoms with Crippen molar-refractivity contribution in [3.8, 4) is 0 Å². The van der Waals surface area contributed by atoms with Gasteiger partial charge in [0, 0.05) is 29.9 Å². The van der Waals surface area contributed by atoms with Crippen molar-refractivity contribution in [2.24, 2.45) is 5.92 Å². The zero-order valence-electron chi connectivity index (χ0n) is 16.1. The minimum Gasteiger partial charge on any atom is -0.326 e. The lowest BCUT2D eigenvalue weighted by Gasteiger charge is -2.22. The van der Waals surface area contributed by atoms with Crippen molar-refractivity contribution in [1.82, 2.24) is 5.32 Å². The zero-order chi connectivity index (χ0) is 19.3. The van der Waals surface area contributed by atoms with Gasteiger partial charge in [-0.15, -0.1) is 0 Å². The topological polar surface area (TPSA) is 61.4 Å². The number of amides is 2. The van der Waals surface area contributed by atoms with E-state index in [2.05, 4.69) is 16.7 Å². The summed E-state index contributed by atoms with van der Waals surface area (Å²) in [4.78, 5) is 26.9. The number of benzene rings is 2. The van der Waals surface area contributed by atoms with Crippen molar-refractivity contribution in [2.45, 2.75) is 32.1 Å². The molecule has 0 bridgehead atoms. The van der Waals surface area contributed by atoms with Crippen LogP contribution in [0.3, 0.4) is 0 Å². The van der Waals surface area contributed by atoms with E-state index in [0.29, 0.717) is 24.4 Å². The van der Waals surface area contributed by atoms with Gasteiger partial charge in [0.05, 0.1) is 0 Å². The van der Waals surface area contributed by atoms with Crippen LogP contribution in [0.25, 0.3) is 0 Å². The van der Waals surface area contributed by atoms with Crippen molar-refractivity contribution in [3.05, 3.63) is 59.7 Å². The maximum atomic E-state index is 12.9. The number of carbonyl (C=O) groups excluding carboxylic acids is 2. The molecule has 2 aromatic rings. The van der Waals surface area contributed by atoms with Gasteiger partial charge in [-0.2, -0.15) is 0 Å². The Morgan fingerprint density at radius 3 is 2.57 bits per heavy atom. The highest BCUT2D eigenvalue weighted by atomic mass is 16.2. The van der Waals surface area contributed by atoms with E-state index < -0.39 is 0 Å². The molecule has 0 saturated carbocycles. The number of rotatable bonds is 5. The van der Waals surface area contributed by atoms with Crippen LogP contribution in [-0.2, 0) is 11.2 Å². The summed E-state index contributed by atoms with van der Waals surface area (Å²) in [6.45, 7) is 2.83. The fraction of sp³-hybridized carbons (Fsp3) is 0.391. The van der Waals surface area contributed by atoms with Gasteiger partial charge in [0.15, 0.2) is 0 Å². The predicted octanol–water partition coefficient (Wildman–Crippen LogP) is 3.61. The monoisotopic (exact) mass is 377 g/mol. The minimum atomic E-state index is 0.00809. The third-order valence-electron chi connectivity index (χ3n) is 5.79. The van der Waals surface area contributed by atoms with E-state index in [9.17, 15) is 9.59 Å². The molecule has 5 nitrogen and oxygen atoms in total. The Balaban J connectivity index is 1.32. The molecule has 2 aliphatic heterocycles. The van der Waals surface area contributed by atoms with Crippen LogP contribution in [0.4, 0.5) is 11.4 Å². The molecule has 5 heteroatoms. The van der Waals surface area contributed by atoms with Crippen LogP contribution >= 0.6 is 0 Å². The molecule has 2 aliphatic rings. The highest BCUT2D eigenvalue weighted by Crippen LogP contribution is 2.29. The number of nitrogens with zero attached hydrogens (tertiary/aromatic N) is 1. The van der Waals surface area contributed by atoms with Crippen LogP contribution in [0.5, 0.6) is 0 Å². The first-order chi connectivity index (χ1) is 13.7. The second-order valence-electron chi connectivity index (χ2n) is 7.69. The van der Waals surface area contributed by atoms with Crippen LogP contribution in [-0.4, -0.2) is 31.4 Å². The van der Waals surface area contributed by atoms with Gasteiger partial charge < -0.3 is 15.5 Å². The third kappa shape index (κ3) is 4.25. The fourth-order valence-corrected chi connectivity index (χ4v) is 4.13. The summed E-state index contributed by atoms with van der Waals surface area (Å²) in [5.74, 6) is 0.704. The van der Waals surface area contributed by atoms with Gasteiger partial charge in [0.2, 0.25) is 5.91 Å². The Labute approximate surface area is 166 Å². The van der Waals surface area contributed by atoms with E-state index in [1.165, 1.54) is 5.56 Å². The van der Waals surface area contributed by atoms with Crippen LogP contribution in [0.2, 0.25) is 0 Å². The van der Waals surface area contributed by atoms with Gasteiger partial charge in [0.1, 0.15) is 0 Å². The van der Waals surface area contributed by atoms with Crippen molar-refractivity contribution in [1.29, 1.82) is 0 Å². The molecule has 28 heavy (non-hydrogen) atoms. The predicted molar refractivity (Wildman–Crippen MR) is 112 cm³/mol. The van der Waals surface area contributed by atoms with Crippen LogP contribution in [0, 0.1) is 5.92 Å². The van der Waals surface area contributed by atoms with Gasteiger partial charge in [-0.05, 0) is 80.6 Å². The van der Waals surface area contributed by atoms with Crippen molar-refractivity contribution < 1.29 is 9.59 Å². The molecule has 0 aliphatic carbocycles. The lowest BCUT2D eigenvalue weighted by atomic mass is 9.93. The number of nitrogens with one attached hydrogen (secondary N) is 2. The van der Waals surface area contributed by atoms with Crippen LogP contribution in [0.15, 0.2) is 48.5 Å². The van der Waals surface area contributed by atoms with Gasteiger partial charge in [-0.25, -0.2) is 0 Å². The molecule has 146 valence electrons. The molecule has 2 heterocycles. The fourth-order valence-electron chi connectivity index (χ4n) is 4.13. The average Bonchev–Trinajstić information content (AvgIpc) is 3.17. The lowest BCUT2D eigenvalue weighted by Crippen LogP contribution is -2.28. The minimum absolute atomic E-state index is 0.00809. The molecule has 0 aromatic heterocycles.